The van der Waals surface area contributed by atoms with Gasteiger partial charge < -0.3 is 5.32 Å². The molecule has 1 heteroatoms. The highest BCUT2D eigenvalue weighted by molar-refractivity contribution is 5.41. The van der Waals surface area contributed by atoms with Crippen molar-refractivity contribution in [1.29, 1.82) is 0 Å². The van der Waals surface area contributed by atoms with Crippen LogP contribution in [0.5, 0.6) is 0 Å². The molecule has 0 heterocycles. The van der Waals surface area contributed by atoms with Crippen LogP contribution in [0.4, 0.5) is 0 Å². The van der Waals surface area contributed by atoms with Crippen molar-refractivity contribution in [2.45, 2.75) is 13.8 Å². The molecule has 0 bridgehead atoms. The Bertz CT molecular complexity index is 424. The Kier molecular flexibility index (Phi) is 8.55. The SMILES string of the molecule is C=C/C=C(C)\C(=C/C=C)NC(=C/C=C)/C(C)=C\C=C. The first kappa shape index (κ1) is 16.7. The second-order valence-electron chi connectivity index (χ2n) is 3.93. The third-order valence-electron chi connectivity index (χ3n) is 2.42. The molecule has 0 fully saturated rings. The van der Waals surface area contributed by atoms with Crippen LogP contribution in [-0.4, -0.2) is 0 Å². The molecule has 0 aromatic rings. The van der Waals surface area contributed by atoms with E-state index in [0.717, 1.165) is 22.5 Å². The molecule has 100 valence electrons. The van der Waals surface area contributed by atoms with Crippen LogP contribution in [0.15, 0.2) is 97.5 Å². The molecule has 0 rings (SSSR count). The lowest BCUT2D eigenvalue weighted by Gasteiger charge is -2.15. The van der Waals surface area contributed by atoms with E-state index >= 15 is 0 Å². The van der Waals surface area contributed by atoms with Gasteiger partial charge in [0.2, 0.25) is 0 Å². The number of hydrogen-bond acceptors (Lipinski definition) is 1. The van der Waals surface area contributed by atoms with E-state index in [4.69, 9.17) is 0 Å². The van der Waals surface area contributed by atoms with Gasteiger partial charge in [0.15, 0.2) is 0 Å². The summed E-state index contributed by atoms with van der Waals surface area (Å²) in [5.41, 5.74) is 4.10. The second kappa shape index (κ2) is 9.72. The maximum absolute atomic E-state index is 3.74. The molecule has 1 nitrogen and oxygen atoms in total. The minimum absolute atomic E-state index is 0.972. The van der Waals surface area contributed by atoms with Crippen LogP contribution in [-0.2, 0) is 0 Å². The summed E-state index contributed by atoms with van der Waals surface area (Å²) >= 11 is 0. The molecule has 0 radical (unpaired) electrons. The Morgan fingerprint density at radius 1 is 0.632 bits per heavy atom. The minimum Gasteiger partial charge on any atom is -0.355 e. The molecule has 0 unspecified atom stereocenters. The zero-order valence-electron chi connectivity index (χ0n) is 11.9. The van der Waals surface area contributed by atoms with E-state index in [-0.39, 0.29) is 0 Å². The van der Waals surface area contributed by atoms with E-state index in [2.05, 4.69) is 31.6 Å². The maximum atomic E-state index is 3.74. The Morgan fingerprint density at radius 3 is 1.21 bits per heavy atom. The third-order valence-corrected chi connectivity index (χ3v) is 2.42. The number of allylic oxidation sites excluding steroid dienone is 10. The molecule has 0 spiro atoms. The van der Waals surface area contributed by atoms with Gasteiger partial charge in [-0.25, -0.2) is 0 Å². The van der Waals surface area contributed by atoms with Gasteiger partial charge in [-0.15, -0.1) is 0 Å². The molecular weight excluding hydrogens is 230 g/mol. The maximum Gasteiger partial charge on any atom is 0.0413 e. The molecule has 1 N–H and O–H groups in total. The van der Waals surface area contributed by atoms with Gasteiger partial charge in [-0.05, 0) is 37.1 Å². The fraction of sp³-hybridized carbons (Fsp3) is 0.111. The second-order valence-corrected chi connectivity index (χ2v) is 3.93. The summed E-state index contributed by atoms with van der Waals surface area (Å²) in [5.74, 6) is 0. The molecule has 0 aliphatic carbocycles. The lowest BCUT2D eigenvalue weighted by atomic mass is 10.1. The summed E-state index contributed by atoms with van der Waals surface area (Å²) in [6.45, 7) is 18.9. The zero-order chi connectivity index (χ0) is 14.7. The molecule has 0 amide bonds. The zero-order valence-corrected chi connectivity index (χ0v) is 11.9. The average Bonchev–Trinajstić information content (AvgIpc) is 2.37. The van der Waals surface area contributed by atoms with Gasteiger partial charge in [-0.3, -0.25) is 0 Å². The third kappa shape index (κ3) is 6.27. The number of nitrogens with one attached hydrogen (secondary N) is 1. The largest absolute Gasteiger partial charge is 0.355 e. The molecule has 0 aromatic heterocycles. The van der Waals surface area contributed by atoms with Gasteiger partial charge in [-0.2, -0.15) is 0 Å². The van der Waals surface area contributed by atoms with E-state index < -0.39 is 0 Å². The fourth-order valence-electron chi connectivity index (χ4n) is 1.46. The van der Waals surface area contributed by atoms with Crippen LogP contribution in [0.2, 0.25) is 0 Å². The van der Waals surface area contributed by atoms with Crippen LogP contribution in [0, 0.1) is 0 Å². The lowest BCUT2D eigenvalue weighted by Crippen LogP contribution is -2.14. The molecule has 0 aromatic carbocycles. The van der Waals surface area contributed by atoms with E-state index in [9.17, 15) is 0 Å². The fourth-order valence-corrected chi connectivity index (χ4v) is 1.46. The Morgan fingerprint density at radius 2 is 0.947 bits per heavy atom. The Balaban J connectivity index is 5.41. The van der Waals surface area contributed by atoms with Crippen molar-refractivity contribution in [3.63, 3.8) is 0 Å². The van der Waals surface area contributed by atoms with Crippen molar-refractivity contribution in [3.05, 3.63) is 97.5 Å². The lowest BCUT2D eigenvalue weighted by molar-refractivity contribution is 0.984. The highest BCUT2D eigenvalue weighted by Gasteiger charge is 2.03. The number of hydrogen-bond donors (Lipinski definition) is 1. The predicted octanol–water partition coefficient (Wildman–Crippen LogP) is 4.98. The van der Waals surface area contributed by atoms with Crippen molar-refractivity contribution >= 4 is 0 Å². The van der Waals surface area contributed by atoms with Gasteiger partial charge in [0, 0.05) is 11.4 Å². The molecule has 0 saturated carbocycles. The first-order valence-electron chi connectivity index (χ1n) is 6.12. The van der Waals surface area contributed by atoms with Crippen molar-refractivity contribution < 1.29 is 0 Å². The summed E-state index contributed by atoms with van der Waals surface area (Å²) in [5, 5.41) is 3.37. The molecule has 0 aliphatic heterocycles. The molecule has 19 heavy (non-hydrogen) atoms. The summed E-state index contributed by atoms with van der Waals surface area (Å²) in [7, 11) is 0. The predicted molar refractivity (Wildman–Crippen MR) is 87.6 cm³/mol. The van der Waals surface area contributed by atoms with Crippen LogP contribution < -0.4 is 5.32 Å². The highest BCUT2D eigenvalue weighted by atomic mass is 14.9. The van der Waals surface area contributed by atoms with E-state index in [1.807, 2.05) is 38.2 Å². The monoisotopic (exact) mass is 253 g/mol. The van der Waals surface area contributed by atoms with Gasteiger partial charge in [0.1, 0.15) is 0 Å². The van der Waals surface area contributed by atoms with Crippen molar-refractivity contribution in [3.8, 4) is 0 Å². The summed E-state index contributed by atoms with van der Waals surface area (Å²) in [4.78, 5) is 0. The summed E-state index contributed by atoms with van der Waals surface area (Å²) < 4.78 is 0. The highest BCUT2D eigenvalue weighted by Crippen LogP contribution is 2.14. The van der Waals surface area contributed by atoms with Crippen LogP contribution >= 0.6 is 0 Å². The Hall–Kier alpha value is -2.28. The summed E-state index contributed by atoms with van der Waals surface area (Å²) in [6.07, 6.45) is 14.8. The van der Waals surface area contributed by atoms with Crippen LogP contribution in [0.3, 0.4) is 0 Å². The van der Waals surface area contributed by atoms with Crippen molar-refractivity contribution in [2.75, 3.05) is 0 Å². The van der Waals surface area contributed by atoms with Crippen LogP contribution in [0.1, 0.15) is 13.8 Å². The van der Waals surface area contributed by atoms with E-state index in [1.165, 1.54) is 0 Å². The van der Waals surface area contributed by atoms with Gasteiger partial charge in [-0.1, -0.05) is 62.8 Å². The molecule has 0 atom stereocenters. The smallest absolute Gasteiger partial charge is 0.0413 e. The van der Waals surface area contributed by atoms with Crippen molar-refractivity contribution in [1.82, 2.24) is 5.32 Å². The van der Waals surface area contributed by atoms with Gasteiger partial charge in [0.25, 0.3) is 0 Å². The summed E-state index contributed by atoms with van der Waals surface area (Å²) in [6, 6.07) is 0. The molecule has 0 saturated heterocycles. The molecular formula is C18H23N. The standard InChI is InChI=1S/C18H23N/c1-7-11-15(5)17(13-9-3)19-18(14-10-4)16(6)12-8-2/h7-14,19H,1-4H2,5-6H3/b15-11-,16-12-,17-13+,18-14+. The van der Waals surface area contributed by atoms with Crippen LogP contribution in [0.25, 0.3) is 0 Å². The normalized spacial score (nSPS) is 13.8. The van der Waals surface area contributed by atoms with E-state index in [0.29, 0.717) is 0 Å². The minimum atomic E-state index is 0.972. The van der Waals surface area contributed by atoms with Crippen molar-refractivity contribution in [2.24, 2.45) is 0 Å². The topological polar surface area (TPSA) is 12.0 Å². The number of rotatable bonds is 8. The molecule has 0 aliphatic rings. The Labute approximate surface area is 117 Å². The van der Waals surface area contributed by atoms with Gasteiger partial charge >= 0.3 is 0 Å². The average molecular weight is 253 g/mol. The van der Waals surface area contributed by atoms with E-state index in [1.54, 1.807) is 24.3 Å². The first-order valence-corrected chi connectivity index (χ1v) is 6.12. The van der Waals surface area contributed by atoms with Gasteiger partial charge in [0.05, 0.1) is 0 Å². The quantitative estimate of drug-likeness (QED) is 0.601. The first-order chi connectivity index (χ1) is 9.10.